The molecule has 0 aromatic heterocycles. The molecule has 24 heavy (non-hydrogen) atoms. The van der Waals surface area contributed by atoms with Gasteiger partial charge in [-0.3, -0.25) is 9.59 Å². The van der Waals surface area contributed by atoms with Gasteiger partial charge in [0.2, 0.25) is 0 Å². The number of esters is 2. The minimum Gasteiger partial charge on any atom is -0.466 e. The zero-order chi connectivity index (χ0) is 18.6. The van der Waals surface area contributed by atoms with E-state index in [-0.39, 0.29) is 24.6 Å². The highest BCUT2D eigenvalue weighted by Crippen LogP contribution is 2.04. The number of ether oxygens (including phenoxy) is 2. The van der Waals surface area contributed by atoms with E-state index in [1.807, 2.05) is 0 Å². The largest absolute Gasteiger partial charge is 0.466 e. The molecule has 0 aliphatic heterocycles. The number of hydrogen-bond acceptors (Lipinski definition) is 6. The molecule has 0 rings (SSSR count). The molecule has 0 amide bonds. The summed E-state index contributed by atoms with van der Waals surface area (Å²) in [5, 5.41) is 16.5. The van der Waals surface area contributed by atoms with E-state index in [1.54, 1.807) is 6.92 Å². The van der Waals surface area contributed by atoms with Gasteiger partial charge < -0.3 is 19.7 Å². The fraction of sp³-hybridized carbons (Fsp3) is 0.889. The van der Waals surface area contributed by atoms with Gasteiger partial charge in [-0.25, -0.2) is 0 Å². The molecule has 0 heterocycles. The number of unbranched alkanes of at least 4 members (excludes halogenated alkanes) is 3. The lowest BCUT2D eigenvalue weighted by molar-refractivity contribution is -0.146. The van der Waals surface area contributed by atoms with Crippen molar-refractivity contribution in [3.05, 3.63) is 0 Å². The summed E-state index contributed by atoms with van der Waals surface area (Å²) in [5.74, 6) is -0.328. The third kappa shape index (κ3) is 23.1. The van der Waals surface area contributed by atoms with E-state index in [0.717, 1.165) is 25.7 Å². The van der Waals surface area contributed by atoms with Crippen LogP contribution in [0, 0.1) is 0 Å². The monoisotopic (exact) mass is 348 g/mol. The van der Waals surface area contributed by atoms with Crippen LogP contribution in [-0.4, -0.2) is 48.1 Å². The molecule has 0 spiro atoms. The van der Waals surface area contributed by atoms with Crippen molar-refractivity contribution in [2.75, 3.05) is 19.8 Å². The van der Waals surface area contributed by atoms with E-state index >= 15 is 0 Å². The number of aliphatic hydroxyl groups excluding tert-OH is 2. The molecule has 0 radical (unpaired) electrons. The summed E-state index contributed by atoms with van der Waals surface area (Å²) in [4.78, 5) is 22.5. The van der Waals surface area contributed by atoms with Crippen molar-refractivity contribution in [3.63, 3.8) is 0 Å². The van der Waals surface area contributed by atoms with Crippen molar-refractivity contribution in [3.8, 4) is 0 Å². The second-order valence-corrected chi connectivity index (χ2v) is 5.72. The number of rotatable bonds is 13. The lowest BCUT2D eigenvalue weighted by atomic mass is 10.2. The van der Waals surface area contributed by atoms with E-state index in [9.17, 15) is 9.59 Å². The highest BCUT2D eigenvalue weighted by Gasteiger charge is 2.05. The van der Waals surface area contributed by atoms with Crippen LogP contribution in [0.4, 0.5) is 0 Å². The Morgan fingerprint density at radius 1 is 0.875 bits per heavy atom. The summed E-state index contributed by atoms with van der Waals surface area (Å²) < 4.78 is 10.0. The standard InChI is InChI=1S/C14H26O4.C4H10O2/c1-3-5-11-17-13(15)9-7-8-10-14(16)18-12-6-4-2;1-4(6)2-3-5/h3-12H2,1-2H3;4-6H,2-3H2,1H3. The quantitative estimate of drug-likeness (QED) is 0.393. The molecule has 0 aliphatic carbocycles. The van der Waals surface area contributed by atoms with Gasteiger partial charge in [0.1, 0.15) is 0 Å². The van der Waals surface area contributed by atoms with Crippen LogP contribution in [0.25, 0.3) is 0 Å². The van der Waals surface area contributed by atoms with E-state index in [4.69, 9.17) is 19.7 Å². The highest BCUT2D eigenvalue weighted by molar-refractivity contribution is 5.70. The smallest absolute Gasteiger partial charge is 0.305 e. The Morgan fingerprint density at radius 2 is 1.29 bits per heavy atom. The number of aliphatic hydroxyl groups is 2. The fourth-order valence-electron chi connectivity index (χ4n) is 1.53. The average molecular weight is 348 g/mol. The number of carbonyl (C=O) groups is 2. The van der Waals surface area contributed by atoms with E-state index < -0.39 is 0 Å². The summed E-state index contributed by atoms with van der Waals surface area (Å²) in [6.45, 7) is 6.85. The maximum absolute atomic E-state index is 11.2. The molecule has 0 bridgehead atoms. The predicted octanol–water partition coefficient (Wildman–Crippen LogP) is 2.98. The molecular weight excluding hydrogens is 312 g/mol. The SMILES string of the molecule is CC(O)CCO.CCCCOC(=O)CCCCC(=O)OCCCC. The highest BCUT2D eigenvalue weighted by atomic mass is 16.5. The minimum atomic E-state index is -0.352. The Morgan fingerprint density at radius 3 is 1.54 bits per heavy atom. The van der Waals surface area contributed by atoms with Gasteiger partial charge in [0.05, 0.1) is 19.3 Å². The Hall–Kier alpha value is -1.14. The van der Waals surface area contributed by atoms with Crippen LogP contribution in [0.3, 0.4) is 0 Å². The van der Waals surface area contributed by atoms with Crippen molar-refractivity contribution in [2.24, 2.45) is 0 Å². The maximum atomic E-state index is 11.2. The van der Waals surface area contributed by atoms with Crippen molar-refractivity contribution in [1.82, 2.24) is 0 Å². The number of carbonyl (C=O) groups excluding carboxylic acids is 2. The Bertz CT molecular complexity index is 267. The first-order chi connectivity index (χ1) is 11.5. The molecular formula is C18H36O6. The Labute approximate surface area is 146 Å². The van der Waals surface area contributed by atoms with Crippen LogP contribution in [-0.2, 0) is 19.1 Å². The lowest BCUT2D eigenvalue weighted by Crippen LogP contribution is -2.07. The molecule has 6 nitrogen and oxygen atoms in total. The lowest BCUT2D eigenvalue weighted by Gasteiger charge is -2.04. The van der Waals surface area contributed by atoms with Gasteiger partial charge in [-0.1, -0.05) is 26.7 Å². The van der Waals surface area contributed by atoms with Gasteiger partial charge in [0.25, 0.3) is 0 Å². The van der Waals surface area contributed by atoms with Gasteiger partial charge in [0.15, 0.2) is 0 Å². The van der Waals surface area contributed by atoms with Crippen LogP contribution in [0.2, 0.25) is 0 Å². The van der Waals surface area contributed by atoms with Gasteiger partial charge in [-0.2, -0.15) is 0 Å². The summed E-state index contributed by atoms with van der Waals surface area (Å²) >= 11 is 0. The Balaban J connectivity index is 0. The third-order valence-corrected chi connectivity index (χ3v) is 3.08. The van der Waals surface area contributed by atoms with Crippen LogP contribution < -0.4 is 0 Å². The molecule has 1 atom stereocenters. The van der Waals surface area contributed by atoms with E-state index in [0.29, 0.717) is 45.3 Å². The zero-order valence-electron chi connectivity index (χ0n) is 15.6. The van der Waals surface area contributed by atoms with Gasteiger partial charge in [-0.05, 0) is 39.0 Å². The van der Waals surface area contributed by atoms with E-state index in [1.165, 1.54) is 0 Å². The molecule has 1 unspecified atom stereocenters. The van der Waals surface area contributed by atoms with E-state index in [2.05, 4.69) is 13.8 Å². The first-order valence-electron chi connectivity index (χ1n) is 9.08. The average Bonchev–Trinajstić information content (AvgIpc) is 2.52. The zero-order valence-corrected chi connectivity index (χ0v) is 15.6. The molecule has 2 N–H and O–H groups in total. The molecule has 144 valence electrons. The van der Waals surface area contributed by atoms with Crippen molar-refractivity contribution < 1.29 is 29.3 Å². The summed E-state index contributed by atoms with van der Waals surface area (Å²) in [7, 11) is 0. The van der Waals surface area contributed by atoms with Crippen molar-refractivity contribution in [1.29, 1.82) is 0 Å². The topological polar surface area (TPSA) is 93.1 Å². The van der Waals surface area contributed by atoms with Gasteiger partial charge in [-0.15, -0.1) is 0 Å². The minimum absolute atomic E-state index is 0.0810. The van der Waals surface area contributed by atoms with Crippen LogP contribution in [0.1, 0.15) is 78.6 Å². The molecule has 0 aromatic carbocycles. The normalized spacial score (nSPS) is 11.2. The van der Waals surface area contributed by atoms with Crippen LogP contribution in [0.15, 0.2) is 0 Å². The molecule has 0 fully saturated rings. The van der Waals surface area contributed by atoms with Crippen LogP contribution >= 0.6 is 0 Å². The van der Waals surface area contributed by atoms with Gasteiger partial charge >= 0.3 is 11.9 Å². The third-order valence-electron chi connectivity index (χ3n) is 3.08. The number of hydrogen-bond donors (Lipinski definition) is 2. The van der Waals surface area contributed by atoms with Gasteiger partial charge in [0, 0.05) is 19.4 Å². The van der Waals surface area contributed by atoms with Crippen molar-refractivity contribution in [2.45, 2.75) is 84.7 Å². The summed E-state index contributed by atoms with van der Waals surface area (Å²) in [6, 6.07) is 0. The molecule has 0 aromatic rings. The molecule has 0 aliphatic rings. The van der Waals surface area contributed by atoms with Crippen LogP contribution in [0.5, 0.6) is 0 Å². The first-order valence-corrected chi connectivity index (χ1v) is 9.08. The second kappa shape index (κ2) is 19.9. The Kier molecular flexibility index (Phi) is 20.8. The molecule has 6 heteroatoms. The molecule has 0 saturated carbocycles. The predicted molar refractivity (Wildman–Crippen MR) is 93.6 cm³/mol. The van der Waals surface area contributed by atoms with Crippen molar-refractivity contribution >= 4 is 11.9 Å². The second-order valence-electron chi connectivity index (χ2n) is 5.72. The summed E-state index contributed by atoms with van der Waals surface area (Å²) in [5.41, 5.74) is 0. The molecule has 0 saturated heterocycles. The first kappa shape index (κ1) is 25.1. The summed E-state index contributed by atoms with van der Waals surface area (Å²) in [6.07, 6.45) is 6.17. The maximum Gasteiger partial charge on any atom is 0.305 e. The fourth-order valence-corrected chi connectivity index (χ4v) is 1.53.